The topological polar surface area (TPSA) is 80.3 Å². The number of esters is 2. The Balaban J connectivity index is 1.31. The van der Waals surface area contributed by atoms with E-state index in [1.54, 1.807) is 24.3 Å². The van der Waals surface area contributed by atoms with Crippen molar-refractivity contribution in [1.29, 1.82) is 0 Å². The lowest BCUT2D eigenvalue weighted by Gasteiger charge is -2.17. The van der Waals surface area contributed by atoms with Gasteiger partial charge in [-0.15, -0.1) is 0 Å². The van der Waals surface area contributed by atoms with Crippen molar-refractivity contribution in [2.45, 2.75) is 50.9 Å². The van der Waals surface area contributed by atoms with Gasteiger partial charge < -0.3 is 23.7 Å². The monoisotopic (exact) mass is 418 g/mol. The summed E-state index contributed by atoms with van der Waals surface area (Å²) < 4.78 is 27.7. The fourth-order valence-corrected chi connectivity index (χ4v) is 3.63. The highest BCUT2D eigenvalue weighted by atomic mass is 16.6. The second kappa shape index (κ2) is 11.1. The molecule has 0 N–H and O–H groups in total. The van der Waals surface area contributed by atoms with Crippen molar-refractivity contribution in [3.05, 3.63) is 42.5 Å². The van der Waals surface area contributed by atoms with Crippen LogP contribution in [0.5, 0.6) is 5.75 Å². The maximum Gasteiger partial charge on any atom is 0.338 e. The summed E-state index contributed by atoms with van der Waals surface area (Å²) in [5.41, 5.74) is 0.478. The summed E-state index contributed by atoms with van der Waals surface area (Å²) in [5.74, 6) is 0.276. The summed E-state index contributed by atoms with van der Waals surface area (Å²) in [5, 5.41) is 0. The molecule has 4 atom stereocenters. The molecule has 0 saturated carbocycles. The molecular formula is C23H30O7. The first-order valence-corrected chi connectivity index (χ1v) is 10.5. The lowest BCUT2D eigenvalue weighted by Crippen LogP contribution is -2.32. The Hall–Kier alpha value is -2.38. The number of carbonyl (C=O) groups is 2. The third-order valence-corrected chi connectivity index (χ3v) is 5.32. The van der Waals surface area contributed by atoms with E-state index >= 15 is 0 Å². The minimum Gasteiger partial charge on any atom is -0.494 e. The van der Waals surface area contributed by atoms with Gasteiger partial charge in [0, 0.05) is 12.0 Å². The second-order valence-electron chi connectivity index (χ2n) is 7.68. The average Bonchev–Trinajstić information content (AvgIpc) is 3.33. The molecular weight excluding hydrogens is 388 g/mol. The summed E-state index contributed by atoms with van der Waals surface area (Å²) in [6.45, 7) is 7.46. The molecule has 7 nitrogen and oxygen atoms in total. The number of hydrogen-bond donors (Lipinski definition) is 0. The molecule has 3 rings (SSSR count). The Morgan fingerprint density at radius 1 is 1.03 bits per heavy atom. The second-order valence-corrected chi connectivity index (χ2v) is 7.68. The zero-order chi connectivity index (χ0) is 21.3. The molecule has 0 radical (unpaired) electrons. The van der Waals surface area contributed by atoms with Gasteiger partial charge in [0.15, 0.2) is 6.10 Å². The molecule has 3 unspecified atom stereocenters. The summed E-state index contributed by atoms with van der Waals surface area (Å²) in [4.78, 5) is 23.3. The summed E-state index contributed by atoms with van der Waals surface area (Å²) in [6, 6.07) is 6.95. The largest absolute Gasteiger partial charge is 0.494 e. The first-order valence-electron chi connectivity index (χ1n) is 10.5. The van der Waals surface area contributed by atoms with Crippen molar-refractivity contribution in [2.24, 2.45) is 5.92 Å². The predicted molar refractivity (Wildman–Crippen MR) is 109 cm³/mol. The van der Waals surface area contributed by atoms with Crippen LogP contribution in [0.25, 0.3) is 0 Å². The zero-order valence-corrected chi connectivity index (χ0v) is 17.4. The molecule has 30 heavy (non-hydrogen) atoms. The summed E-state index contributed by atoms with van der Waals surface area (Å²) >= 11 is 0. The van der Waals surface area contributed by atoms with Crippen LogP contribution in [0.1, 0.15) is 43.0 Å². The molecule has 1 aromatic carbocycles. The molecule has 1 aromatic rings. The van der Waals surface area contributed by atoms with Crippen molar-refractivity contribution in [2.75, 3.05) is 26.4 Å². The fraction of sp³-hybridized carbons (Fsp3) is 0.565. The van der Waals surface area contributed by atoms with Crippen LogP contribution < -0.4 is 4.74 Å². The minimum atomic E-state index is -0.382. The van der Waals surface area contributed by atoms with Gasteiger partial charge in [-0.2, -0.15) is 0 Å². The molecule has 2 aliphatic heterocycles. The number of ether oxygens (including phenoxy) is 5. The van der Waals surface area contributed by atoms with Gasteiger partial charge in [-0.25, -0.2) is 9.59 Å². The van der Waals surface area contributed by atoms with E-state index in [0.717, 1.165) is 25.7 Å². The Morgan fingerprint density at radius 3 is 2.47 bits per heavy atom. The first-order chi connectivity index (χ1) is 14.6. The summed E-state index contributed by atoms with van der Waals surface area (Å²) in [6.07, 6.45) is 4.35. The summed E-state index contributed by atoms with van der Waals surface area (Å²) in [7, 11) is 0. The molecule has 2 fully saturated rings. The number of hydrogen-bond acceptors (Lipinski definition) is 7. The number of rotatable bonds is 11. The Labute approximate surface area is 177 Å². The van der Waals surface area contributed by atoms with Crippen molar-refractivity contribution in [3.63, 3.8) is 0 Å². The van der Waals surface area contributed by atoms with Gasteiger partial charge in [0.05, 0.1) is 38.1 Å². The smallest absolute Gasteiger partial charge is 0.338 e. The highest BCUT2D eigenvalue weighted by molar-refractivity contribution is 5.89. The Kier molecular flexibility index (Phi) is 8.28. The molecule has 0 spiro atoms. The van der Waals surface area contributed by atoms with Crippen molar-refractivity contribution < 1.29 is 33.3 Å². The van der Waals surface area contributed by atoms with Gasteiger partial charge in [-0.05, 0) is 49.9 Å². The number of benzene rings is 1. The molecule has 2 heterocycles. The van der Waals surface area contributed by atoms with E-state index in [0.29, 0.717) is 43.7 Å². The number of fused-ring (bicyclic) bond motifs is 1. The third-order valence-electron chi connectivity index (χ3n) is 5.32. The maximum absolute atomic E-state index is 12.4. The first kappa shape index (κ1) is 22.3. The maximum atomic E-state index is 12.4. The van der Waals surface area contributed by atoms with E-state index in [1.807, 2.05) is 0 Å². The van der Waals surface area contributed by atoms with Crippen LogP contribution in [0.4, 0.5) is 0 Å². The van der Waals surface area contributed by atoms with Crippen LogP contribution >= 0.6 is 0 Å². The molecule has 7 heteroatoms. The van der Waals surface area contributed by atoms with Crippen molar-refractivity contribution in [3.8, 4) is 5.75 Å². The standard InChI is InChI=1S/C23H30O7/c1-3-20(24)27-13-7-5-4-6-12-26-18-10-8-17(9-11-18)23(25)30-19-15-29-21-16(2)14-28-22(19)21/h3,8-11,16,19,21-22H,1,4-7,12-15H2,2H3/t16-,19?,21?,22?/m1/s1. The molecule has 2 aliphatic rings. The van der Waals surface area contributed by atoms with Gasteiger partial charge in [0.1, 0.15) is 11.9 Å². The molecule has 164 valence electrons. The Morgan fingerprint density at radius 2 is 1.73 bits per heavy atom. The molecule has 0 amide bonds. The average molecular weight is 418 g/mol. The van der Waals surface area contributed by atoms with E-state index in [9.17, 15) is 9.59 Å². The molecule has 0 aromatic heterocycles. The van der Waals surface area contributed by atoms with E-state index in [4.69, 9.17) is 23.7 Å². The van der Waals surface area contributed by atoms with E-state index in [-0.39, 0.29) is 30.3 Å². The van der Waals surface area contributed by atoms with E-state index in [1.165, 1.54) is 6.08 Å². The fourth-order valence-electron chi connectivity index (χ4n) is 3.63. The predicted octanol–water partition coefficient (Wildman–Crippen LogP) is 3.31. The zero-order valence-electron chi connectivity index (χ0n) is 17.4. The Bertz CT molecular complexity index is 715. The van der Waals surface area contributed by atoms with E-state index in [2.05, 4.69) is 13.5 Å². The highest BCUT2D eigenvalue weighted by Crippen LogP contribution is 2.32. The number of carbonyl (C=O) groups excluding carboxylic acids is 2. The lowest BCUT2D eigenvalue weighted by molar-refractivity contribution is -0.137. The van der Waals surface area contributed by atoms with Gasteiger partial charge in [0.2, 0.25) is 0 Å². The van der Waals surface area contributed by atoms with E-state index < -0.39 is 0 Å². The van der Waals surface area contributed by atoms with Crippen LogP contribution in [-0.2, 0) is 23.7 Å². The van der Waals surface area contributed by atoms with Gasteiger partial charge in [-0.1, -0.05) is 13.5 Å². The SMILES string of the molecule is C=CC(=O)OCCCCCCOc1ccc(C(=O)OC2COC3C2OC[C@H]3C)cc1. The molecule has 2 saturated heterocycles. The van der Waals surface area contributed by atoms with Gasteiger partial charge in [0.25, 0.3) is 0 Å². The molecule has 0 aliphatic carbocycles. The van der Waals surface area contributed by atoms with Crippen LogP contribution in [0.2, 0.25) is 0 Å². The van der Waals surface area contributed by atoms with Crippen molar-refractivity contribution in [1.82, 2.24) is 0 Å². The quantitative estimate of drug-likeness (QED) is 0.310. The number of unbranched alkanes of at least 4 members (excludes halogenated alkanes) is 3. The molecule has 0 bridgehead atoms. The van der Waals surface area contributed by atoms with Crippen LogP contribution in [-0.4, -0.2) is 56.7 Å². The van der Waals surface area contributed by atoms with Crippen LogP contribution in [0.3, 0.4) is 0 Å². The van der Waals surface area contributed by atoms with Crippen LogP contribution in [0, 0.1) is 5.92 Å². The minimum absolute atomic E-state index is 0.0146. The third kappa shape index (κ3) is 6.06. The van der Waals surface area contributed by atoms with Crippen molar-refractivity contribution >= 4 is 11.9 Å². The lowest BCUT2D eigenvalue weighted by atomic mass is 10.0. The van der Waals surface area contributed by atoms with Gasteiger partial charge in [-0.3, -0.25) is 0 Å². The van der Waals surface area contributed by atoms with Gasteiger partial charge >= 0.3 is 11.9 Å². The highest BCUT2D eigenvalue weighted by Gasteiger charge is 2.47. The normalized spacial score (nSPS) is 24.8. The van der Waals surface area contributed by atoms with Crippen LogP contribution in [0.15, 0.2) is 36.9 Å².